The highest BCUT2D eigenvalue weighted by Gasteiger charge is 2.44. The van der Waals surface area contributed by atoms with Gasteiger partial charge < -0.3 is 14.6 Å². The first kappa shape index (κ1) is 19.4. The van der Waals surface area contributed by atoms with Gasteiger partial charge in [-0.25, -0.2) is 4.79 Å². The van der Waals surface area contributed by atoms with Crippen LogP contribution >= 0.6 is 0 Å². The summed E-state index contributed by atoms with van der Waals surface area (Å²) in [5.41, 5.74) is 2.17. The van der Waals surface area contributed by atoms with Crippen LogP contribution in [0.5, 0.6) is 0 Å². The zero-order valence-corrected chi connectivity index (χ0v) is 15.5. The van der Waals surface area contributed by atoms with E-state index >= 15 is 0 Å². The van der Waals surface area contributed by atoms with Gasteiger partial charge in [-0.2, -0.15) is 0 Å². The van der Waals surface area contributed by atoms with Crippen molar-refractivity contribution in [3.8, 4) is 0 Å². The highest BCUT2D eigenvalue weighted by Crippen LogP contribution is 2.36. The summed E-state index contributed by atoms with van der Waals surface area (Å²) in [6.45, 7) is 11.4. The molecule has 1 N–H and O–H groups in total. The normalized spacial score (nSPS) is 33.5. The van der Waals surface area contributed by atoms with Crippen LogP contribution in [0.1, 0.15) is 47.0 Å². The molecule has 5 heteroatoms. The summed E-state index contributed by atoms with van der Waals surface area (Å²) in [7, 11) is 0. The fourth-order valence-electron chi connectivity index (χ4n) is 3.31. The molecule has 1 fully saturated rings. The second-order valence-electron chi connectivity index (χ2n) is 7.21. The van der Waals surface area contributed by atoms with Gasteiger partial charge in [0, 0.05) is 12.0 Å². The minimum atomic E-state index is -0.612. The lowest BCUT2D eigenvalue weighted by molar-refractivity contribution is -0.156. The van der Waals surface area contributed by atoms with E-state index in [1.807, 2.05) is 33.8 Å². The molecule has 0 radical (unpaired) electrons. The van der Waals surface area contributed by atoms with E-state index < -0.39 is 30.2 Å². The van der Waals surface area contributed by atoms with Gasteiger partial charge in [0.25, 0.3) is 0 Å². The average Bonchev–Trinajstić information content (AvgIpc) is 2.78. The number of carbonyl (C=O) groups excluding carboxylic acids is 2. The first-order valence-corrected chi connectivity index (χ1v) is 8.85. The first-order valence-electron chi connectivity index (χ1n) is 8.85. The molecule has 1 aliphatic carbocycles. The maximum absolute atomic E-state index is 12.3. The Balaban J connectivity index is 2.39. The molecule has 0 bridgehead atoms. The lowest BCUT2D eigenvalue weighted by Crippen LogP contribution is -2.35. The topological polar surface area (TPSA) is 72.8 Å². The van der Waals surface area contributed by atoms with Crippen LogP contribution in [0.15, 0.2) is 35.5 Å². The van der Waals surface area contributed by atoms with Crippen LogP contribution in [0.25, 0.3) is 0 Å². The predicted molar refractivity (Wildman–Crippen MR) is 94.6 cm³/mol. The second-order valence-corrected chi connectivity index (χ2v) is 7.21. The second kappa shape index (κ2) is 8.00. The Kier molecular flexibility index (Phi) is 6.22. The maximum atomic E-state index is 12.3. The molecular weight excluding hydrogens is 320 g/mol. The van der Waals surface area contributed by atoms with Gasteiger partial charge in [-0.1, -0.05) is 37.6 Å². The number of hydrogen-bond donors (Lipinski definition) is 1. The van der Waals surface area contributed by atoms with Crippen molar-refractivity contribution < 1.29 is 24.2 Å². The maximum Gasteiger partial charge on any atom is 0.334 e. The van der Waals surface area contributed by atoms with Crippen molar-refractivity contribution in [1.82, 2.24) is 0 Å². The SMILES string of the molecule is C=C1C(=O)O[C@@H]2C=C(C)C[C@H](O)/C=C(\C)C[C@@H](OC(=O)[C@H](C)CC)[C@@H]12. The van der Waals surface area contributed by atoms with Crippen LogP contribution in [-0.2, 0) is 19.1 Å². The van der Waals surface area contributed by atoms with Crippen molar-refractivity contribution in [3.05, 3.63) is 35.5 Å². The standard InChI is InChI=1S/C20H28O5/c1-6-13(4)19(22)24-16-9-11(2)7-15(21)8-12(3)10-17-18(16)14(5)20(23)25-17/h7,10,13,15-18,21H,5-6,8-9H2,1-4H3/b11-7+,12-10?/t13-,15-,16-,17-,18-/m1/s1. The molecule has 25 heavy (non-hydrogen) atoms. The number of aliphatic hydroxyl groups is 1. The molecule has 0 aromatic carbocycles. The van der Waals surface area contributed by atoms with E-state index in [2.05, 4.69) is 6.58 Å². The number of fused-ring (bicyclic) bond motifs is 1. The summed E-state index contributed by atoms with van der Waals surface area (Å²) in [6.07, 6.45) is 3.53. The number of aliphatic hydroxyl groups excluding tert-OH is 1. The predicted octanol–water partition coefficient (Wildman–Crippen LogP) is 3.09. The van der Waals surface area contributed by atoms with Gasteiger partial charge in [0.05, 0.1) is 17.9 Å². The third kappa shape index (κ3) is 4.60. The van der Waals surface area contributed by atoms with E-state index in [1.165, 1.54) is 0 Å². The molecule has 5 atom stereocenters. The minimum absolute atomic E-state index is 0.215. The quantitative estimate of drug-likeness (QED) is 0.482. The van der Waals surface area contributed by atoms with Crippen LogP contribution in [0.4, 0.5) is 0 Å². The molecule has 0 amide bonds. The molecule has 0 aromatic rings. The fourth-order valence-corrected chi connectivity index (χ4v) is 3.31. The van der Waals surface area contributed by atoms with Gasteiger partial charge in [0.15, 0.2) is 0 Å². The molecule has 0 aromatic heterocycles. The van der Waals surface area contributed by atoms with Crippen molar-refractivity contribution in [3.63, 3.8) is 0 Å². The smallest absolute Gasteiger partial charge is 0.334 e. The Labute approximate surface area is 149 Å². The minimum Gasteiger partial charge on any atom is -0.461 e. The van der Waals surface area contributed by atoms with Gasteiger partial charge in [0.2, 0.25) is 0 Å². The Hall–Kier alpha value is -1.88. The van der Waals surface area contributed by atoms with Crippen molar-refractivity contribution in [1.29, 1.82) is 0 Å². The highest BCUT2D eigenvalue weighted by atomic mass is 16.6. The molecule has 0 unspecified atom stereocenters. The Morgan fingerprint density at radius 2 is 2.00 bits per heavy atom. The molecule has 5 nitrogen and oxygen atoms in total. The van der Waals surface area contributed by atoms with Gasteiger partial charge in [-0.3, -0.25) is 4.79 Å². The van der Waals surface area contributed by atoms with Gasteiger partial charge in [-0.15, -0.1) is 0 Å². The van der Waals surface area contributed by atoms with Crippen LogP contribution in [0.2, 0.25) is 0 Å². The van der Waals surface area contributed by atoms with Gasteiger partial charge in [-0.05, 0) is 32.8 Å². The zero-order chi connectivity index (χ0) is 18.7. The van der Waals surface area contributed by atoms with E-state index in [0.29, 0.717) is 24.8 Å². The van der Waals surface area contributed by atoms with Gasteiger partial charge in [0.1, 0.15) is 12.2 Å². The molecule has 1 saturated heterocycles. The molecule has 1 aliphatic heterocycles. The Morgan fingerprint density at radius 1 is 1.36 bits per heavy atom. The summed E-state index contributed by atoms with van der Waals surface area (Å²) < 4.78 is 11.2. The van der Waals surface area contributed by atoms with Crippen LogP contribution < -0.4 is 0 Å². The van der Waals surface area contributed by atoms with E-state index in [1.54, 1.807) is 6.08 Å². The van der Waals surface area contributed by atoms with Crippen molar-refractivity contribution in [2.75, 3.05) is 0 Å². The van der Waals surface area contributed by atoms with E-state index in [0.717, 1.165) is 11.1 Å². The summed E-state index contributed by atoms with van der Waals surface area (Å²) in [4.78, 5) is 24.4. The largest absolute Gasteiger partial charge is 0.461 e. The number of rotatable bonds is 3. The average molecular weight is 348 g/mol. The van der Waals surface area contributed by atoms with E-state index in [-0.39, 0.29) is 11.9 Å². The summed E-state index contributed by atoms with van der Waals surface area (Å²) >= 11 is 0. The lowest BCUT2D eigenvalue weighted by Gasteiger charge is -2.28. The van der Waals surface area contributed by atoms with E-state index in [4.69, 9.17) is 9.47 Å². The summed E-state index contributed by atoms with van der Waals surface area (Å²) in [5, 5.41) is 10.2. The number of carbonyl (C=O) groups is 2. The third-order valence-electron chi connectivity index (χ3n) is 4.92. The van der Waals surface area contributed by atoms with Crippen molar-refractivity contribution in [2.45, 2.75) is 65.3 Å². The molecular formula is C20H28O5. The van der Waals surface area contributed by atoms with Gasteiger partial charge >= 0.3 is 11.9 Å². The highest BCUT2D eigenvalue weighted by molar-refractivity contribution is 5.91. The summed E-state index contributed by atoms with van der Waals surface area (Å²) in [5.74, 6) is -1.36. The monoisotopic (exact) mass is 348 g/mol. The molecule has 2 rings (SSSR count). The molecule has 1 heterocycles. The third-order valence-corrected chi connectivity index (χ3v) is 4.92. The van der Waals surface area contributed by atoms with Crippen LogP contribution in [-0.4, -0.2) is 35.4 Å². The summed E-state index contributed by atoms with van der Waals surface area (Å²) in [6, 6.07) is 0. The first-order chi connectivity index (χ1) is 11.7. The molecule has 2 aliphatic rings. The lowest BCUT2D eigenvalue weighted by atomic mass is 9.85. The molecule has 0 saturated carbocycles. The van der Waals surface area contributed by atoms with Crippen LogP contribution in [0.3, 0.4) is 0 Å². The van der Waals surface area contributed by atoms with Crippen LogP contribution in [0, 0.1) is 11.8 Å². The molecule has 138 valence electrons. The number of hydrogen-bond acceptors (Lipinski definition) is 5. The van der Waals surface area contributed by atoms with E-state index in [9.17, 15) is 14.7 Å². The number of esters is 2. The Morgan fingerprint density at radius 3 is 2.64 bits per heavy atom. The van der Waals surface area contributed by atoms with Crippen molar-refractivity contribution >= 4 is 11.9 Å². The Bertz CT molecular complexity index is 616. The fraction of sp³-hybridized carbons (Fsp3) is 0.600. The molecule has 0 spiro atoms. The number of ether oxygens (including phenoxy) is 2. The zero-order valence-electron chi connectivity index (χ0n) is 15.5. The van der Waals surface area contributed by atoms with Crippen molar-refractivity contribution in [2.24, 2.45) is 11.8 Å².